The molecular weight excluding hydrogens is 675 g/mol. The zero-order valence-electron chi connectivity index (χ0n) is 30.3. The molecule has 6 aromatic carbocycles. The normalized spacial score (nSPS) is 18.2. The Morgan fingerprint density at radius 1 is 0.611 bits per heavy atom. The van der Waals surface area contributed by atoms with E-state index in [1.165, 1.54) is 11.1 Å². The number of benzene rings is 6. The fourth-order valence-electron chi connectivity index (χ4n) is 6.70. The fourth-order valence-corrected chi connectivity index (χ4v) is 6.70. The van der Waals surface area contributed by atoms with Gasteiger partial charge < -0.3 is 30.0 Å². The first-order valence-corrected chi connectivity index (χ1v) is 18.3. The molecule has 1 fully saturated rings. The maximum atomic E-state index is 12.9. The number of rotatable bonds is 13. The second-order valence-corrected chi connectivity index (χ2v) is 13.6. The maximum Gasteiger partial charge on any atom is 0.323 e. The number of urea groups is 1. The van der Waals surface area contributed by atoms with Crippen molar-refractivity contribution in [2.24, 2.45) is 5.92 Å². The summed E-state index contributed by atoms with van der Waals surface area (Å²) in [7, 11) is 0. The van der Waals surface area contributed by atoms with Crippen molar-refractivity contribution in [1.82, 2.24) is 4.90 Å². The van der Waals surface area contributed by atoms with Crippen molar-refractivity contribution in [2.75, 3.05) is 17.2 Å². The second-order valence-electron chi connectivity index (χ2n) is 13.6. The molecule has 3 N–H and O–H groups in total. The third-order valence-electron chi connectivity index (χ3n) is 9.59. The van der Waals surface area contributed by atoms with Crippen LogP contribution in [0.3, 0.4) is 0 Å². The third-order valence-corrected chi connectivity index (χ3v) is 9.59. The van der Waals surface area contributed by atoms with Crippen LogP contribution in [0.25, 0.3) is 0 Å². The number of hydrogen-bond donors (Lipinski definition) is 3. The Morgan fingerprint density at radius 3 is 1.67 bits per heavy atom. The summed E-state index contributed by atoms with van der Waals surface area (Å²) >= 11 is 0. The molecule has 0 aromatic heterocycles. The Kier molecular flexibility index (Phi) is 12.1. The predicted molar refractivity (Wildman–Crippen MR) is 212 cm³/mol. The van der Waals surface area contributed by atoms with Crippen LogP contribution in [0.1, 0.15) is 47.1 Å². The van der Waals surface area contributed by atoms with E-state index in [0.29, 0.717) is 23.7 Å². The van der Waals surface area contributed by atoms with Crippen molar-refractivity contribution < 1.29 is 24.1 Å². The van der Waals surface area contributed by atoms with Gasteiger partial charge in [0.25, 0.3) is 0 Å². The van der Waals surface area contributed by atoms with Gasteiger partial charge in [0.1, 0.15) is 11.5 Å². The fraction of sp³-hybridized carbons (Fsp3) is 0.196. The van der Waals surface area contributed by atoms with Crippen molar-refractivity contribution in [1.29, 1.82) is 0 Å². The highest BCUT2D eigenvalue weighted by Gasteiger charge is 2.39. The molecule has 0 bridgehead atoms. The van der Waals surface area contributed by atoms with Crippen LogP contribution in [0.5, 0.6) is 11.5 Å². The average Bonchev–Trinajstić information content (AvgIpc) is 3.21. The summed E-state index contributed by atoms with van der Waals surface area (Å²) in [6, 6.07) is 53.0. The highest BCUT2D eigenvalue weighted by Crippen LogP contribution is 2.42. The van der Waals surface area contributed by atoms with E-state index in [-0.39, 0.29) is 30.8 Å². The minimum Gasteiger partial charge on any atom is -0.457 e. The number of aliphatic hydroxyl groups excluding tert-OH is 1. The van der Waals surface area contributed by atoms with E-state index in [1.807, 2.05) is 103 Å². The SMILES string of the molecule is C[C@H]1[C@@H](CN(Cc2ccccc2)Cc2ccccc2)O[C@@H](c2ccc(NC(=O)Nc3ccc(Oc4ccccc4)cc3)cc2)O[C@H]1c1ccc(CO)cc1. The molecule has 0 radical (unpaired) electrons. The highest BCUT2D eigenvalue weighted by molar-refractivity contribution is 5.99. The first-order valence-electron chi connectivity index (χ1n) is 18.3. The predicted octanol–water partition coefficient (Wildman–Crippen LogP) is 10.1. The molecule has 7 rings (SSSR count). The molecule has 6 aromatic rings. The number of aliphatic hydroxyl groups is 1. The summed E-state index contributed by atoms with van der Waals surface area (Å²) in [6.07, 6.45) is -1.04. The Balaban J connectivity index is 1.05. The van der Waals surface area contributed by atoms with Crippen LogP contribution >= 0.6 is 0 Å². The molecular formula is C46H45N3O5. The van der Waals surface area contributed by atoms with E-state index >= 15 is 0 Å². The van der Waals surface area contributed by atoms with E-state index < -0.39 is 6.29 Å². The molecule has 54 heavy (non-hydrogen) atoms. The lowest BCUT2D eigenvalue weighted by atomic mass is 9.89. The van der Waals surface area contributed by atoms with Crippen LogP contribution in [0.4, 0.5) is 16.2 Å². The van der Waals surface area contributed by atoms with Crippen molar-refractivity contribution >= 4 is 17.4 Å². The van der Waals surface area contributed by atoms with Crippen LogP contribution < -0.4 is 15.4 Å². The summed E-state index contributed by atoms with van der Waals surface area (Å²) in [5, 5.41) is 15.5. The van der Waals surface area contributed by atoms with E-state index in [0.717, 1.165) is 35.5 Å². The van der Waals surface area contributed by atoms with Crippen molar-refractivity contribution in [3.8, 4) is 11.5 Å². The number of hydrogen-bond acceptors (Lipinski definition) is 6. The Hall–Kier alpha value is -5.77. The van der Waals surface area contributed by atoms with Gasteiger partial charge in [-0.2, -0.15) is 0 Å². The van der Waals surface area contributed by atoms with E-state index in [4.69, 9.17) is 14.2 Å². The average molecular weight is 720 g/mol. The van der Waals surface area contributed by atoms with Crippen LogP contribution in [0.2, 0.25) is 0 Å². The number of anilines is 2. The molecule has 274 valence electrons. The molecule has 0 spiro atoms. The van der Waals surface area contributed by atoms with Crippen LogP contribution in [0.15, 0.2) is 164 Å². The molecule has 2 amide bonds. The van der Waals surface area contributed by atoms with Gasteiger partial charge in [0, 0.05) is 42.5 Å². The minimum absolute atomic E-state index is 0.0158. The van der Waals surface area contributed by atoms with Crippen molar-refractivity contribution in [3.63, 3.8) is 0 Å². The maximum absolute atomic E-state index is 12.9. The van der Waals surface area contributed by atoms with Crippen molar-refractivity contribution in [3.05, 3.63) is 192 Å². The van der Waals surface area contributed by atoms with Crippen LogP contribution in [0, 0.1) is 5.92 Å². The Labute approximate surface area is 317 Å². The van der Waals surface area contributed by atoms with Gasteiger partial charge in [-0.05, 0) is 70.8 Å². The number of carbonyl (C=O) groups excluding carboxylic acids is 1. The summed E-state index contributed by atoms with van der Waals surface area (Å²) in [5.74, 6) is 1.45. The molecule has 8 heteroatoms. The van der Waals surface area contributed by atoms with Crippen molar-refractivity contribution in [2.45, 2.75) is 45.1 Å². The molecule has 0 saturated carbocycles. The van der Waals surface area contributed by atoms with Gasteiger partial charge in [-0.25, -0.2) is 4.79 Å². The van der Waals surface area contributed by atoms with Gasteiger partial charge in [0.15, 0.2) is 6.29 Å². The Morgan fingerprint density at radius 2 is 1.11 bits per heavy atom. The molecule has 1 aliphatic rings. The topological polar surface area (TPSA) is 92.3 Å². The molecule has 1 saturated heterocycles. The number of para-hydroxylation sites is 1. The molecule has 0 unspecified atom stereocenters. The highest BCUT2D eigenvalue weighted by atomic mass is 16.7. The van der Waals surface area contributed by atoms with E-state index in [2.05, 4.69) is 71.0 Å². The first kappa shape index (κ1) is 36.6. The minimum atomic E-state index is -0.636. The van der Waals surface area contributed by atoms with E-state index in [9.17, 15) is 9.90 Å². The third kappa shape index (κ3) is 9.80. The summed E-state index contributed by atoms with van der Waals surface area (Å²) < 4.78 is 19.4. The monoisotopic (exact) mass is 719 g/mol. The van der Waals surface area contributed by atoms with Gasteiger partial charge in [-0.1, -0.05) is 122 Å². The van der Waals surface area contributed by atoms with Gasteiger partial charge >= 0.3 is 6.03 Å². The zero-order chi connectivity index (χ0) is 37.1. The van der Waals surface area contributed by atoms with Gasteiger partial charge in [-0.3, -0.25) is 4.90 Å². The largest absolute Gasteiger partial charge is 0.457 e. The van der Waals surface area contributed by atoms with Gasteiger partial charge in [0.05, 0.1) is 18.8 Å². The summed E-state index contributed by atoms with van der Waals surface area (Å²) in [6.45, 7) is 4.41. The molecule has 1 aliphatic heterocycles. The molecule has 1 heterocycles. The number of carbonyl (C=O) groups is 1. The number of nitrogens with one attached hydrogen (secondary N) is 2. The first-order chi connectivity index (χ1) is 26.5. The molecule has 4 atom stereocenters. The second kappa shape index (κ2) is 17.8. The van der Waals surface area contributed by atoms with Gasteiger partial charge in [-0.15, -0.1) is 0 Å². The lowest BCUT2D eigenvalue weighted by molar-refractivity contribution is -0.276. The zero-order valence-corrected chi connectivity index (χ0v) is 30.3. The molecule has 0 aliphatic carbocycles. The lowest BCUT2D eigenvalue weighted by Gasteiger charge is -2.43. The quantitative estimate of drug-likeness (QED) is 0.110. The number of ether oxygens (including phenoxy) is 3. The molecule has 8 nitrogen and oxygen atoms in total. The number of amides is 2. The standard InChI is InChI=1S/C46H45N3O5/c1-33-43(31-49(29-34-11-5-2-6-12-34)30-35-13-7-3-8-14-35)53-45(54-44(33)37-19-17-36(32-50)18-20-37)38-21-23-39(24-22-38)47-46(51)48-40-25-27-42(28-26-40)52-41-15-9-4-10-16-41/h2-28,33,43-45,50H,29-32H2,1H3,(H2,47,48,51)/t33-,43+,44+,45+/m0/s1. The van der Waals surface area contributed by atoms with E-state index in [1.54, 1.807) is 12.1 Å². The summed E-state index contributed by atoms with van der Waals surface area (Å²) in [4.78, 5) is 15.4. The van der Waals surface area contributed by atoms with Gasteiger partial charge in [0.2, 0.25) is 0 Å². The lowest BCUT2D eigenvalue weighted by Crippen LogP contribution is -2.44. The Bertz CT molecular complexity index is 2000. The van der Waals surface area contributed by atoms with Crippen LogP contribution in [-0.4, -0.2) is 28.7 Å². The number of nitrogens with zero attached hydrogens (tertiary/aromatic N) is 1. The van der Waals surface area contributed by atoms with Crippen LogP contribution in [-0.2, 0) is 29.2 Å². The smallest absolute Gasteiger partial charge is 0.323 e. The summed E-state index contributed by atoms with van der Waals surface area (Å²) in [5.41, 5.74) is 6.48.